The summed E-state index contributed by atoms with van der Waals surface area (Å²) in [5.41, 5.74) is 0.260. The highest BCUT2D eigenvalue weighted by Crippen LogP contribution is 2.41. The summed E-state index contributed by atoms with van der Waals surface area (Å²) in [6, 6.07) is 7.99. The first-order valence-electron chi connectivity index (χ1n) is 8.11. The van der Waals surface area contributed by atoms with Crippen molar-refractivity contribution in [3.63, 3.8) is 0 Å². The molecule has 1 aliphatic rings. The fraction of sp³-hybridized carbons (Fsp3) is 0.278. The first-order chi connectivity index (χ1) is 13.0. The van der Waals surface area contributed by atoms with E-state index in [1.54, 1.807) is 12.1 Å². The van der Waals surface area contributed by atoms with Crippen LogP contribution in [0, 0.1) is 5.82 Å². The molecule has 7 nitrogen and oxygen atoms in total. The maximum absolute atomic E-state index is 13.1. The van der Waals surface area contributed by atoms with Crippen molar-refractivity contribution in [1.82, 2.24) is 4.90 Å². The van der Waals surface area contributed by atoms with Gasteiger partial charge in [-0.15, -0.1) is 11.8 Å². The fourth-order valence-electron chi connectivity index (χ4n) is 2.72. The highest BCUT2D eigenvalue weighted by Gasteiger charge is 2.43. The number of carbonyl (C=O) groups is 3. The third-order valence-electron chi connectivity index (χ3n) is 3.88. The molecular formula is C18H17FN2O5S. The summed E-state index contributed by atoms with van der Waals surface area (Å²) in [5, 5.41) is 2.02. The van der Waals surface area contributed by atoms with Crippen molar-refractivity contribution in [2.24, 2.45) is 0 Å². The molecule has 0 spiro atoms. The maximum Gasteiger partial charge on any atom is 0.330 e. The van der Waals surface area contributed by atoms with Crippen molar-refractivity contribution in [2.45, 2.75) is 18.3 Å². The Morgan fingerprint density at radius 3 is 2.81 bits per heavy atom. The quantitative estimate of drug-likeness (QED) is 0.787. The summed E-state index contributed by atoms with van der Waals surface area (Å²) < 4.78 is 23.5. The van der Waals surface area contributed by atoms with Crippen LogP contribution in [0.2, 0.25) is 0 Å². The Morgan fingerprint density at radius 2 is 2.15 bits per heavy atom. The van der Waals surface area contributed by atoms with Gasteiger partial charge >= 0.3 is 5.97 Å². The summed E-state index contributed by atoms with van der Waals surface area (Å²) in [4.78, 5) is 37.7. The van der Waals surface area contributed by atoms with Gasteiger partial charge in [-0.1, -0.05) is 6.07 Å². The van der Waals surface area contributed by atoms with Gasteiger partial charge in [0.2, 0.25) is 5.91 Å². The topological polar surface area (TPSA) is 88.8 Å². The van der Waals surface area contributed by atoms with E-state index in [-0.39, 0.29) is 11.6 Å². The second-order valence-electron chi connectivity index (χ2n) is 5.81. The Bertz CT molecular complexity index is 842. The van der Waals surface area contributed by atoms with Crippen LogP contribution in [0.3, 0.4) is 0 Å². The maximum atomic E-state index is 13.1. The number of thioether (sulfide) groups is 1. The van der Waals surface area contributed by atoms with Gasteiger partial charge in [-0.05, 0) is 30.3 Å². The van der Waals surface area contributed by atoms with Crippen molar-refractivity contribution in [2.75, 3.05) is 17.7 Å². The number of hydrogen-bond donors (Lipinski definition) is 1. The van der Waals surface area contributed by atoms with Gasteiger partial charge in [-0.2, -0.15) is 0 Å². The molecule has 0 saturated carbocycles. The van der Waals surface area contributed by atoms with Crippen molar-refractivity contribution in [3.05, 3.63) is 54.2 Å². The van der Waals surface area contributed by atoms with E-state index in [2.05, 4.69) is 5.32 Å². The molecule has 1 saturated heterocycles. The first kappa shape index (κ1) is 19.0. The van der Waals surface area contributed by atoms with Crippen LogP contribution >= 0.6 is 11.8 Å². The van der Waals surface area contributed by atoms with Crippen LogP contribution in [0.4, 0.5) is 10.1 Å². The van der Waals surface area contributed by atoms with E-state index in [4.69, 9.17) is 9.15 Å². The van der Waals surface area contributed by atoms with Crippen molar-refractivity contribution < 1.29 is 27.9 Å². The third kappa shape index (κ3) is 4.48. The summed E-state index contributed by atoms with van der Waals surface area (Å²) >= 11 is 1.38. The normalized spacial score (nSPS) is 19.0. The molecule has 0 aliphatic carbocycles. The van der Waals surface area contributed by atoms with E-state index in [0.717, 1.165) is 6.07 Å². The minimum atomic E-state index is -0.815. The number of nitrogens with one attached hydrogen (secondary N) is 1. The average molecular weight is 392 g/mol. The summed E-state index contributed by atoms with van der Waals surface area (Å²) in [6.07, 6.45) is 1.50. The largest absolute Gasteiger partial charge is 0.466 e. The zero-order chi connectivity index (χ0) is 19.4. The van der Waals surface area contributed by atoms with E-state index >= 15 is 0 Å². The van der Waals surface area contributed by atoms with Crippen molar-refractivity contribution in [1.29, 1.82) is 0 Å². The number of hydrogen-bond acceptors (Lipinski definition) is 6. The molecule has 3 rings (SSSR count). The van der Waals surface area contributed by atoms with Gasteiger partial charge < -0.3 is 19.4 Å². The van der Waals surface area contributed by atoms with Crippen LogP contribution in [0.25, 0.3) is 0 Å². The molecule has 1 aliphatic heterocycles. The van der Waals surface area contributed by atoms with Gasteiger partial charge in [-0.25, -0.2) is 9.18 Å². The van der Waals surface area contributed by atoms with Gasteiger partial charge in [0.05, 0.1) is 6.26 Å². The SMILES string of the molecule is CC(=O)N1[C@H](C(=O)OCC(=O)Nc2cccc(F)c2)CS[C@H]1c1ccco1. The lowest BCUT2D eigenvalue weighted by Crippen LogP contribution is -2.43. The Labute approximate surface area is 158 Å². The van der Waals surface area contributed by atoms with E-state index in [0.29, 0.717) is 11.5 Å². The average Bonchev–Trinajstić information content (AvgIpc) is 3.28. The Kier molecular flexibility index (Phi) is 5.80. The lowest BCUT2D eigenvalue weighted by atomic mass is 10.2. The van der Waals surface area contributed by atoms with Gasteiger partial charge in [0.25, 0.3) is 5.91 Å². The molecule has 1 N–H and O–H groups in total. The Hall–Kier alpha value is -2.81. The van der Waals surface area contributed by atoms with E-state index in [1.165, 1.54) is 48.0 Å². The standard InChI is InChI=1S/C18H17FN2O5S/c1-11(22)21-14(10-27-17(21)15-6-3-7-25-15)18(24)26-9-16(23)20-13-5-2-4-12(19)8-13/h2-8,14,17H,9-10H2,1H3,(H,20,23)/t14-,17-/m0/s1. The van der Waals surface area contributed by atoms with Crippen LogP contribution in [0.15, 0.2) is 47.1 Å². The fourth-order valence-corrected chi connectivity index (χ4v) is 4.14. The molecule has 0 radical (unpaired) electrons. The molecule has 2 amide bonds. The van der Waals surface area contributed by atoms with Gasteiger partial charge in [0.1, 0.15) is 23.0 Å². The highest BCUT2D eigenvalue weighted by molar-refractivity contribution is 7.99. The molecule has 142 valence electrons. The predicted octanol–water partition coefficient (Wildman–Crippen LogP) is 2.56. The predicted molar refractivity (Wildman–Crippen MR) is 96.2 cm³/mol. The number of ether oxygens (including phenoxy) is 1. The molecule has 1 aromatic carbocycles. The monoisotopic (exact) mass is 392 g/mol. The molecule has 2 heterocycles. The molecule has 1 fully saturated rings. The number of amides is 2. The summed E-state index contributed by atoms with van der Waals surface area (Å²) in [7, 11) is 0. The number of esters is 1. The number of anilines is 1. The Balaban J connectivity index is 1.58. The number of halogens is 1. The summed E-state index contributed by atoms with van der Waals surface area (Å²) in [5.74, 6) is -1.18. The minimum Gasteiger partial charge on any atom is -0.466 e. The molecule has 0 unspecified atom stereocenters. The van der Waals surface area contributed by atoms with E-state index < -0.39 is 35.7 Å². The summed E-state index contributed by atoms with van der Waals surface area (Å²) in [6.45, 7) is 0.826. The lowest BCUT2D eigenvalue weighted by Gasteiger charge is -2.25. The molecular weight excluding hydrogens is 375 g/mol. The van der Waals surface area contributed by atoms with Crippen LogP contribution in [0.1, 0.15) is 18.1 Å². The van der Waals surface area contributed by atoms with Crippen molar-refractivity contribution in [3.8, 4) is 0 Å². The molecule has 0 bridgehead atoms. The minimum absolute atomic E-state index is 0.260. The second-order valence-corrected chi connectivity index (χ2v) is 6.92. The van der Waals surface area contributed by atoms with E-state index in [9.17, 15) is 18.8 Å². The number of benzene rings is 1. The molecule has 2 aromatic rings. The first-order valence-corrected chi connectivity index (χ1v) is 9.16. The molecule has 27 heavy (non-hydrogen) atoms. The number of nitrogens with zero attached hydrogens (tertiary/aromatic N) is 1. The van der Waals surface area contributed by atoms with Crippen LogP contribution in [-0.2, 0) is 19.1 Å². The zero-order valence-corrected chi connectivity index (χ0v) is 15.2. The van der Waals surface area contributed by atoms with Crippen LogP contribution in [-0.4, -0.2) is 41.1 Å². The van der Waals surface area contributed by atoms with Crippen molar-refractivity contribution >= 4 is 35.2 Å². The smallest absolute Gasteiger partial charge is 0.330 e. The molecule has 1 aromatic heterocycles. The number of furan rings is 1. The number of rotatable bonds is 5. The number of carbonyl (C=O) groups excluding carboxylic acids is 3. The van der Waals surface area contributed by atoms with Crippen LogP contribution < -0.4 is 5.32 Å². The van der Waals surface area contributed by atoms with Gasteiger partial charge in [-0.3, -0.25) is 9.59 Å². The van der Waals surface area contributed by atoms with Gasteiger partial charge in [0.15, 0.2) is 6.61 Å². The second kappa shape index (κ2) is 8.26. The highest BCUT2D eigenvalue weighted by atomic mass is 32.2. The lowest BCUT2D eigenvalue weighted by molar-refractivity contribution is -0.155. The Morgan fingerprint density at radius 1 is 1.33 bits per heavy atom. The van der Waals surface area contributed by atoms with Gasteiger partial charge in [0, 0.05) is 18.4 Å². The van der Waals surface area contributed by atoms with Crippen LogP contribution in [0.5, 0.6) is 0 Å². The molecule has 2 atom stereocenters. The molecule has 9 heteroatoms. The zero-order valence-electron chi connectivity index (χ0n) is 14.4. The van der Waals surface area contributed by atoms with E-state index in [1.807, 2.05) is 0 Å². The third-order valence-corrected chi connectivity index (χ3v) is 5.16.